The Morgan fingerprint density at radius 2 is 2.00 bits per heavy atom. The van der Waals surface area contributed by atoms with Crippen LogP contribution in [-0.4, -0.2) is 25.5 Å². The SMILES string of the molecule is CNCOC(=O)OC(C)(C)C. The van der Waals surface area contributed by atoms with Crippen LogP contribution < -0.4 is 5.32 Å². The van der Waals surface area contributed by atoms with Crippen molar-refractivity contribution in [2.45, 2.75) is 26.4 Å². The Labute approximate surface area is 66.9 Å². The van der Waals surface area contributed by atoms with E-state index in [9.17, 15) is 4.79 Å². The minimum atomic E-state index is -0.646. The van der Waals surface area contributed by atoms with E-state index in [1.165, 1.54) is 0 Å². The third-order valence-electron chi connectivity index (χ3n) is 0.724. The fraction of sp³-hybridized carbons (Fsp3) is 0.857. The summed E-state index contributed by atoms with van der Waals surface area (Å²) in [5.41, 5.74) is -0.481. The number of carbonyl (C=O) groups excluding carboxylic acids is 1. The molecule has 0 radical (unpaired) electrons. The van der Waals surface area contributed by atoms with Gasteiger partial charge in [-0.25, -0.2) is 4.79 Å². The Morgan fingerprint density at radius 3 is 2.36 bits per heavy atom. The summed E-state index contributed by atoms with van der Waals surface area (Å²) in [7, 11) is 1.68. The zero-order valence-electron chi connectivity index (χ0n) is 7.43. The van der Waals surface area contributed by atoms with E-state index in [1.54, 1.807) is 27.8 Å². The summed E-state index contributed by atoms with van der Waals surface area (Å²) in [5.74, 6) is 0. The molecular weight excluding hydrogens is 146 g/mol. The first-order valence-corrected chi connectivity index (χ1v) is 3.46. The quantitative estimate of drug-likeness (QED) is 0.487. The monoisotopic (exact) mass is 161 g/mol. The molecule has 0 spiro atoms. The topological polar surface area (TPSA) is 47.6 Å². The molecule has 0 saturated carbocycles. The van der Waals surface area contributed by atoms with Gasteiger partial charge < -0.3 is 9.47 Å². The highest BCUT2D eigenvalue weighted by atomic mass is 16.7. The molecule has 0 saturated heterocycles. The zero-order valence-corrected chi connectivity index (χ0v) is 7.43. The predicted octanol–water partition coefficient (Wildman–Crippen LogP) is 1.11. The summed E-state index contributed by atoms with van der Waals surface area (Å²) in [5, 5.41) is 2.66. The van der Waals surface area contributed by atoms with Crippen molar-refractivity contribution in [3.63, 3.8) is 0 Å². The van der Waals surface area contributed by atoms with E-state index in [0.29, 0.717) is 0 Å². The highest BCUT2D eigenvalue weighted by molar-refractivity contribution is 5.60. The second-order valence-electron chi connectivity index (χ2n) is 3.11. The van der Waals surface area contributed by atoms with Gasteiger partial charge in [0.2, 0.25) is 0 Å². The Hall–Kier alpha value is -0.770. The van der Waals surface area contributed by atoms with Gasteiger partial charge in [-0.3, -0.25) is 5.32 Å². The molecule has 0 aromatic heterocycles. The highest BCUT2D eigenvalue weighted by Gasteiger charge is 2.16. The largest absolute Gasteiger partial charge is 0.510 e. The summed E-state index contributed by atoms with van der Waals surface area (Å²) in [4.78, 5) is 10.7. The van der Waals surface area contributed by atoms with Crippen LogP contribution in [0.5, 0.6) is 0 Å². The molecule has 0 aliphatic heterocycles. The van der Waals surface area contributed by atoms with Crippen molar-refractivity contribution in [1.82, 2.24) is 5.32 Å². The molecule has 11 heavy (non-hydrogen) atoms. The van der Waals surface area contributed by atoms with Crippen molar-refractivity contribution < 1.29 is 14.3 Å². The van der Waals surface area contributed by atoms with E-state index < -0.39 is 11.8 Å². The van der Waals surface area contributed by atoms with Gasteiger partial charge >= 0.3 is 6.16 Å². The summed E-state index contributed by atoms with van der Waals surface area (Å²) < 4.78 is 9.43. The molecule has 0 rings (SSSR count). The molecule has 0 bridgehead atoms. The molecule has 0 aliphatic rings. The summed E-state index contributed by atoms with van der Waals surface area (Å²) in [6, 6.07) is 0. The van der Waals surface area contributed by atoms with Gasteiger partial charge in [0, 0.05) is 0 Å². The van der Waals surface area contributed by atoms with Crippen molar-refractivity contribution in [2.75, 3.05) is 13.8 Å². The molecule has 0 aromatic rings. The highest BCUT2D eigenvalue weighted by Crippen LogP contribution is 2.07. The maximum absolute atomic E-state index is 10.7. The molecular formula is C7H15NO3. The van der Waals surface area contributed by atoms with Gasteiger partial charge in [0.15, 0.2) is 0 Å². The Morgan fingerprint density at radius 1 is 1.45 bits per heavy atom. The van der Waals surface area contributed by atoms with Crippen LogP contribution in [0.3, 0.4) is 0 Å². The van der Waals surface area contributed by atoms with Gasteiger partial charge in [0.1, 0.15) is 12.3 Å². The first kappa shape index (κ1) is 10.2. The molecule has 0 heterocycles. The van der Waals surface area contributed by atoms with E-state index >= 15 is 0 Å². The third kappa shape index (κ3) is 7.12. The maximum atomic E-state index is 10.7. The fourth-order valence-electron chi connectivity index (χ4n) is 0.411. The number of ether oxygens (including phenoxy) is 2. The number of carbonyl (C=O) groups is 1. The van der Waals surface area contributed by atoms with Crippen LogP contribution in [0.25, 0.3) is 0 Å². The van der Waals surface area contributed by atoms with Crippen molar-refractivity contribution in [3.8, 4) is 0 Å². The Bertz CT molecular complexity index is 128. The zero-order chi connectivity index (χ0) is 8.91. The van der Waals surface area contributed by atoms with E-state index in [1.807, 2.05) is 0 Å². The second-order valence-corrected chi connectivity index (χ2v) is 3.11. The molecule has 4 nitrogen and oxygen atoms in total. The molecule has 0 aromatic carbocycles. The van der Waals surface area contributed by atoms with Crippen LogP contribution in [0.15, 0.2) is 0 Å². The van der Waals surface area contributed by atoms with Crippen molar-refractivity contribution >= 4 is 6.16 Å². The van der Waals surface area contributed by atoms with E-state index in [4.69, 9.17) is 4.74 Å². The smallest absolute Gasteiger partial charge is 0.429 e. The van der Waals surface area contributed by atoms with Crippen molar-refractivity contribution in [1.29, 1.82) is 0 Å². The normalized spacial score (nSPS) is 10.9. The van der Waals surface area contributed by atoms with Crippen LogP contribution in [0, 0.1) is 0 Å². The van der Waals surface area contributed by atoms with Gasteiger partial charge in [0.25, 0.3) is 0 Å². The van der Waals surface area contributed by atoms with Gasteiger partial charge in [-0.2, -0.15) is 0 Å². The van der Waals surface area contributed by atoms with Crippen LogP contribution >= 0.6 is 0 Å². The number of rotatable bonds is 2. The van der Waals surface area contributed by atoms with E-state index in [0.717, 1.165) is 0 Å². The average molecular weight is 161 g/mol. The van der Waals surface area contributed by atoms with Gasteiger partial charge in [-0.05, 0) is 27.8 Å². The molecule has 66 valence electrons. The average Bonchev–Trinajstić information content (AvgIpc) is 1.79. The molecule has 0 atom stereocenters. The standard InChI is InChI=1S/C7H15NO3/c1-7(2,3)11-6(9)10-5-8-4/h8H,5H2,1-4H3. The lowest BCUT2D eigenvalue weighted by atomic mass is 10.2. The summed E-state index contributed by atoms with van der Waals surface area (Å²) in [6.07, 6.45) is -0.646. The fourth-order valence-corrected chi connectivity index (χ4v) is 0.411. The molecule has 4 heteroatoms. The van der Waals surface area contributed by atoms with Crippen LogP contribution in [0.4, 0.5) is 4.79 Å². The lowest BCUT2D eigenvalue weighted by Crippen LogP contribution is -2.26. The summed E-state index contributed by atoms with van der Waals surface area (Å²) >= 11 is 0. The van der Waals surface area contributed by atoms with E-state index in [2.05, 4.69) is 10.1 Å². The minimum Gasteiger partial charge on any atom is -0.429 e. The van der Waals surface area contributed by atoms with Gasteiger partial charge in [-0.15, -0.1) is 0 Å². The van der Waals surface area contributed by atoms with Gasteiger partial charge in [-0.1, -0.05) is 0 Å². The first-order chi connectivity index (χ1) is 4.95. The third-order valence-corrected chi connectivity index (χ3v) is 0.724. The van der Waals surface area contributed by atoms with Crippen molar-refractivity contribution in [3.05, 3.63) is 0 Å². The van der Waals surface area contributed by atoms with Crippen LogP contribution in [0.2, 0.25) is 0 Å². The van der Waals surface area contributed by atoms with Crippen LogP contribution in [0.1, 0.15) is 20.8 Å². The van der Waals surface area contributed by atoms with E-state index in [-0.39, 0.29) is 6.73 Å². The van der Waals surface area contributed by atoms with Crippen LogP contribution in [-0.2, 0) is 9.47 Å². The minimum absolute atomic E-state index is 0.176. The number of nitrogens with one attached hydrogen (secondary N) is 1. The first-order valence-electron chi connectivity index (χ1n) is 3.46. The van der Waals surface area contributed by atoms with Crippen molar-refractivity contribution in [2.24, 2.45) is 0 Å². The molecule has 0 aliphatic carbocycles. The molecule has 0 fully saturated rings. The second kappa shape index (κ2) is 4.18. The Balaban J connectivity index is 3.53. The maximum Gasteiger partial charge on any atom is 0.510 e. The summed E-state index contributed by atoms with van der Waals surface area (Å²) in [6.45, 7) is 5.53. The van der Waals surface area contributed by atoms with Gasteiger partial charge in [0.05, 0.1) is 0 Å². The number of hydrogen-bond donors (Lipinski definition) is 1. The Kier molecular flexibility index (Phi) is 3.89. The molecule has 1 N–H and O–H groups in total. The lowest BCUT2D eigenvalue weighted by molar-refractivity contribution is -0.00936. The molecule has 0 amide bonds. The lowest BCUT2D eigenvalue weighted by Gasteiger charge is -2.18. The number of hydrogen-bond acceptors (Lipinski definition) is 4. The predicted molar refractivity (Wildman–Crippen MR) is 41.2 cm³/mol. The molecule has 0 unspecified atom stereocenters.